The largest absolute Gasteiger partial charge is 0.350 e. The van der Waals surface area contributed by atoms with Crippen LogP contribution in [-0.4, -0.2) is 49.6 Å². The molecule has 0 saturated heterocycles. The number of carbonyl (C=O) groups is 2. The van der Waals surface area contributed by atoms with E-state index in [9.17, 15) is 9.59 Å². The fourth-order valence-electron chi connectivity index (χ4n) is 2.77. The van der Waals surface area contributed by atoms with Crippen LogP contribution in [0.1, 0.15) is 29.8 Å². The highest BCUT2D eigenvalue weighted by Crippen LogP contribution is 2.10. The van der Waals surface area contributed by atoms with Crippen molar-refractivity contribution in [1.82, 2.24) is 15.5 Å². The molecule has 0 aliphatic heterocycles. The third kappa shape index (κ3) is 7.04. The van der Waals surface area contributed by atoms with Crippen molar-refractivity contribution in [3.05, 3.63) is 65.7 Å². The fourth-order valence-corrected chi connectivity index (χ4v) is 2.77. The average molecular weight is 383 g/mol. The van der Waals surface area contributed by atoms with Crippen LogP contribution in [0.15, 0.2) is 54.6 Å². The van der Waals surface area contributed by atoms with E-state index in [-0.39, 0.29) is 24.0 Å². The molecular weight excluding hydrogens is 352 g/mol. The van der Waals surface area contributed by atoms with E-state index in [0.29, 0.717) is 17.8 Å². The van der Waals surface area contributed by atoms with Crippen LogP contribution in [0.4, 0.5) is 10.5 Å². The smallest absolute Gasteiger partial charge is 0.319 e. The summed E-state index contributed by atoms with van der Waals surface area (Å²) in [7, 11) is 4.03. The van der Waals surface area contributed by atoms with Crippen LogP contribution >= 0.6 is 0 Å². The molecule has 6 nitrogen and oxygen atoms in total. The molecule has 0 aromatic heterocycles. The van der Waals surface area contributed by atoms with Gasteiger partial charge in [0, 0.05) is 29.9 Å². The Morgan fingerprint density at radius 3 is 2.18 bits per heavy atom. The molecule has 0 radical (unpaired) electrons. The lowest BCUT2D eigenvalue weighted by molar-refractivity contribution is 0.0941. The zero-order valence-corrected chi connectivity index (χ0v) is 17.0. The summed E-state index contributed by atoms with van der Waals surface area (Å²) in [5, 5.41) is 8.51. The Hall–Kier alpha value is -2.86. The predicted octanol–water partition coefficient (Wildman–Crippen LogP) is 3.12. The number of carbonyl (C=O) groups excluding carboxylic acids is 2. The second-order valence-corrected chi connectivity index (χ2v) is 7.35. The van der Waals surface area contributed by atoms with Gasteiger partial charge in [-0.25, -0.2) is 4.79 Å². The summed E-state index contributed by atoms with van der Waals surface area (Å²) in [6.45, 7) is 4.34. The molecule has 0 spiro atoms. The van der Waals surface area contributed by atoms with Crippen molar-refractivity contribution in [2.45, 2.75) is 32.4 Å². The fraction of sp³-hybridized carbons (Fsp3) is 0.364. The monoisotopic (exact) mass is 382 g/mol. The third-order valence-corrected chi connectivity index (χ3v) is 4.37. The number of anilines is 1. The molecule has 1 unspecified atom stereocenters. The molecule has 28 heavy (non-hydrogen) atoms. The number of nitrogens with zero attached hydrogens (tertiary/aromatic N) is 1. The third-order valence-electron chi connectivity index (χ3n) is 4.37. The average Bonchev–Trinajstić information content (AvgIpc) is 2.65. The van der Waals surface area contributed by atoms with Gasteiger partial charge in [-0.1, -0.05) is 30.3 Å². The number of urea groups is 1. The van der Waals surface area contributed by atoms with Crippen molar-refractivity contribution < 1.29 is 9.59 Å². The number of amides is 3. The van der Waals surface area contributed by atoms with E-state index in [1.807, 2.05) is 46.1 Å². The minimum absolute atomic E-state index is 0.0607. The Labute approximate surface area is 167 Å². The highest BCUT2D eigenvalue weighted by Gasteiger charge is 2.14. The molecule has 0 heterocycles. The summed E-state index contributed by atoms with van der Waals surface area (Å²) >= 11 is 0. The van der Waals surface area contributed by atoms with Crippen LogP contribution in [0, 0.1) is 0 Å². The summed E-state index contributed by atoms with van der Waals surface area (Å²) in [5.41, 5.74) is 2.45. The van der Waals surface area contributed by atoms with Crippen molar-refractivity contribution in [3.8, 4) is 0 Å². The maximum Gasteiger partial charge on any atom is 0.319 e. The number of likely N-dealkylation sites (N-methyl/N-ethyl adjacent to an activating group) is 1. The van der Waals surface area contributed by atoms with Gasteiger partial charge in [0.1, 0.15) is 0 Å². The van der Waals surface area contributed by atoms with E-state index in [2.05, 4.69) is 33.0 Å². The van der Waals surface area contributed by atoms with Crippen molar-refractivity contribution in [3.63, 3.8) is 0 Å². The molecule has 0 saturated carbocycles. The summed E-state index contributed by atoms with van der Waals surface area (Å²) < 4.78 is 0. The molecule has 3 N–H and O–H groups in total. The van der Waals surface area contributed by atoms with Gasteiger partial charge in [0.15, 0.2) is 0 Å². The second-order valence-electron chi connectivity index (χ2n) is 7.35. The van der Waals surface area contributed by atoms with E-state index in [1.54, 1.807) is 24.3 Å². The van der Waals surface area contributed by atoms with Gasteiger partial charge in [-0.05, 0) is 64.2 Å². The first-order valence-electron chi connectivity index (χ1n) is 9.51. The Bertz CT molecular complexity index is 758. The van der Waals surface area contributed by atoms with Crippen LogP contribution in [0.25, 0.3) is 0 Å². The van der Waals surface area contributed by atoms with Crippen molar-refractivity contribution in [2.24, 2.45) is 0 Å². The number of hydrogen-bond donors (Lipinski definition) is 3. The Morgan fingerprint density at radius 1 is 0.964 bits per heavy atom. The molecule has 0 aliphatic carbocycles. The molecule has 3 amide bonds. The molecule has 2 aromatic carbocycles. The van der Waals surface area contributed by atoms with Gasteiger partial charge in [-0.15, -0.1) is 0 Å². The number of nitrogens with one attached hydrogen (secondary N) is 3. The quantitative estimate of drug-likeness (QED) is 0.657. The number of rotatable bonds is 8. The number of benzene rings is 2. The Kier molecular flexibility index (Phi) is 8.02. The van der Waals surface area contributed by atoms with Crippen LogP contribution in [-0.2, 0) is 6.42 Å². The topological polar surface area (TPSA) is 73.5 Å². The number of hydrogen-bond acceptors (Lipinski definition) is 3. The highest BCUT2D eigenvalue weighted by atomic mass is 16.2. The van der Waals surface area contributed by atoms with Crippen molar-refractivity contribution in [1.29, 1.82) is 0 Å². The van der Waals surface area contributed by atoms with E-state index in [4.69, 9.17) is 0 Å². The molecule has 2 aromatic rings. The molecule has 150 valence electrons. The van der Waals surface area contributed by atoms with Gasteiger partial charge < -0.3 is 20.9 Å². The lowest BCUT2D eigenvalue weighted by Gasteiger charge is -2.24. The molecule has 2 rings (SSSR count). The minimum Gasteiger partial charge on any atom is -0.350 e. The standard InChI is InChI=1S/C22H30N4O2/c1-16(2)24-22(28)25-19-12-10-18(11-13-19)21(27)23-15-20(26(3)4)14-17-8-6-5-7-9-17/h5-13,16,20H,14-15H2,1-4H3,(H,23,27)(H2,24,25,28). The lowest BCUT2D eigenvalue weighted by Crippen LogP contribution is -2.41. The Balaban J connectivity index is 1.89. The maximum absolute atomic E-state index is 12.5. The molecule has 0 aliphatic rings. The van der Waals surface area contributed by atoms with Gasteiger partial charge in [0.25, 0.3) is 5.91 Å². The van der Waals surface area contributed by atoms with E-state index in [0.717, 1.165) is 6.42 Å². The van der Waals surface area contributed by atoms with E-state index < -0.39 is 0 Å². The molecule has 0 bridgehead atoms. The summed E-state index contributed by atoms with van der Waals surface area (Å²) in [6, 6.07) is 17.1. The first-order valence-corrected chi connectivity index (χ1v) is 9.51. The zero-order chi connectivity index (χ0) is 20.5. The first-order chi connectivity index (χ1) is 13.3. The van der Waals surface area contributed by atoms with Crippen LogP contribution < -0.4 is 16.0 Å². The van der Waals surface area contributed by atoms with Gasteiger partial charge in [0.05, 0.1) is 0 Å². The van der Waals surface area contributed by atoms with E-state index in [1.165, 1.54) is 5.56 Å². The van der Waals surface area contributed by atoms with Gasteiger partial charge in [-0.2, -0.15) is 0 Å². The molecule has 0 fully saturated rings. The van der Waals surface area contributed by atoms with Crippen LogP contribution in [0.3, 0.4) is 0 Å². The summed E-state index contributed by atoms with van der Waals surface area (Å²) in [5.74, 6) is -0.127. The van der Waals surface area contributed by atoms with Crippen molar-refractivity contribution in [2.75, 3.05) is 26.0 Å². The first kappa shape index (κ1) is 21.4. The normalized spacial score (nSPS) is 11.9. The lowest BCUT2D eigenvalue weighted by atomic mass is 10.0. The van der Waals surface area contributed by atoms with E-state index >= 15 is 0 Å². The van der Waals surface area contributed by atoms with Crippen LogP contribution in [0.5, 0.6) is 0 Å². The second kappa shape index (κ2) is 10.5. The predicted molar refractivity (Wildman–Crippen MR) is 114 cm³/mol. The minimum atomic E-state index is -0.262. The summed E-state index contributed by atoms with van der Waals surface area (Å²) in [6.07, 6.45) is 0.863. The van der Waals surface area contributed by atoms with Crippen LogP contribution in [0.2, 0.25) is 0 Å². The Morgan fingerprint density at radius 2 is 1.61 bits per heavy atom. The van der Waals surface area contributed by atoms with Crippen molar-refractivity contribution >= 4 is 17.6 Å². The SMILES string of the molecule is CC(C)NC(=O)Nc1ccc(C(=O)NCC(Cc2ccccc2)N(C)C)cc1. The highest BCUT2D eigenvalue weighted by molar-refractivity contribution is 5.95. The maximum atomic E-state index is 12.5. The molecule has 1 atom stereocenters. The van der Waals surface area contributed by atoms with Gasteiger partial charge in [-0.3, -0.25) is 4.79 Å². The molecule has 6 heteroatoms. The summed E-state index contributed by atoms with van der Waals surface area (Å²) in [4.78, 5) is 26.3. The zero-order valence-electron chi connectivity index (χ0n) is 17.0. The van der Waals surface area contributed by atoms with Gasteiger partial charge in [0.2, 0.25) is 0 Å². The van der Waals surface area contributed by atoms with Gasteiger partial charge >= 0.3 is 6.03 Å². The molecular formula is C22H30N4O2.